The molecule has 0 bridgehead atoms. The highest BCUT2D eigenvalue weighted by atomic mass is 16.1. The van der Waals surface area contributed by atoms with Crippen LogP contribution in [0.25, 0.3) is 0 Å². The van der Waals surface area contributed by atoms with Gasteiger partial charge in [-0.2, -0.15) is 0 Å². The molecule has 0 saturated heterocycles. The van der Waals surface area contributed by atoms with Crippen molar-refractivity contribution in [2.24, 2.45) is 0 Å². The standard InChI is InChI=1S/C16H16N2O2.C5H10N2.2C2H6/c1-11(13-6-4-3-5-7-13)14-8-12(10-19)9-15(18-14)16(20)17-2;1-3-5(4-6)7-2;2*1-2/h3-11H,1-2H3,(H,17,20);3-4,6-7H,1-2H3;2*1-2H3/b;5-3+,6-4?;;. The van der Waals surface area contributed by atoms with Crippen LogP contribution in [0, 0.1) is 5.41 Å². The molecule has 1 heterocycles. The molecule has 31 heavy (non-hydrogen) atoms. The monoisotopic (exact) mass is 426 g/mol. The maximum absolute atomic E-state index is 11.7. The van der Waals surface area contributed by atoms with Gasteiger partial charge in [0.1, 0.15) is 12.0 Å². The van der Waals surface area contributed by atoms with E-state index in [2.05, 4.69) is 15.6 Å². The van der Waals surface area contributed by atoms with Gasteiger partial charge in [-0.3, -0.25) is 9.59 Å². The van der Waals surface area contributed by atoms with E-state index >= 15 is 0 Å². The SMILES string of the molecule is C/C=C(\C=N)NC.CC.CC.CNC(=O)c1cc(C=O)cc(C(C)c2ccccc2)n1. The molecule has 1 unspecified atom stereocenters. The minimum Gasteiger partial charge on any atom is -0.387 e. The summed E-state index contributed by atoms with van der Waals surface area (Å²) in [4.78, 5) is 27.1. The number of allylic oxidation sites excluding steroid dienone is 2. The van der Waals surface area contributed by atoms with E-state index in [-0.39, 0.29) is 17.5 Å². The molecule has 6 heteroatoms. The Morgan fingerprint density at radius 3 is 2.00 bits per heavy atom. The Labute approximate surface area is 187 Å². The Hall–Kier alpha value is -3.28. The number of amides is 1. The molecule has 1 amide bonds. The maximum atomic E-state index is 11.7. The lowest BCUT2D eigenvalue weighted by molar-refractivity contribution is 0.0958. The molecule has 0 aliphatic rings. The van der Waals surface area contributed by atoms with Crippen molar-refractivity contribution >= 4 is 18.4 Å². The average Bonchev–Trinajstić information content (AvgIpc) is 2.87. The highest BCUT2D eigenvalue weighted by Gasteiger charge is 2.14. The fourth-order valence-electron chi connectivity index (χ4n) is 2.32. The summed E-state index contributed by atoms with van der Waals surface area (Å²) in [7, 11) is 3.33. The third kappa shape index (κ3) is 10.9. The summed E-state index contributed by atoms with van der Waals surface area (Å²) in [5, 5.41) is 12.0. The zero-order valence-electron chi connectivity index (χ0n) is 20.1. The van der Waals surface area contributed by atoms with E-state index in [1.165, 1.54) is 19.3 Å². The van der Waals surface area contributed by atoms with Crippen LogP contribution in [0.3, 0.4) is 0 Å². The Morgan fingerprint density at radius 1 is 1.03 bits per heavy atom. The second-order valence-electron chi connectivity index (χ2n) is 5.68. The minimum absolute atomic E-state index is 0.0134. The van der Waals surface area contributed by atoms with E-state index in [1.54, 1.807) is 13.1 Å². The molecule has 0 aliphatic carbocycles. The van der Waals surface area contributed by atoms with Gasteiger partial charge < -0.3 is 16.0 Å². The lowest BCUT2D eigenvalue weighted by atomic mass is 9.96. The number of carbonyl (C=O) groups is 2. The third-order valence-electron chi connectivity index (χ3n) is 3.96. The predicted molar refractivity (Wildman–Crippen MR) is 131 cm³/mol. The van der Waals surface area contributed by atoms with E-state index in [0.717, 1.165) is 17.5 Å². The summed E-state index contributed by atoms with van der Waals surface area (Å²) in [6.07, 6.45) is 3.85. The van der Waals surface area contributed by atoms with E-state index < -0.39 is 0 Å². The number of benzene rings is 1. The van der Waals surface area contributed by atoms with E-state index in [9.17, 15) is 9.59 Å². The minimum atomic E-state index is -0.296. The number of nitrogens with one attached hydrogen (secondary N) is 3. The predicted octanol–water partition coefficient (Wildman–Crippen LogP) is 5.22. The van der Waals surface area contributed by atoms with Crippen molar-refractivity contribution in [1.82, 2.24) is 15.6 Å². The molecule has 3 N–H and O–H groups in total. The van der Waals surface area contributed by atoms with Crippen molar-refractivity contribution < 1.29 is 9.59 Å². The molecule has 2 rings (SSSR count). The van der Waals surface area contributed by atoms with Crippen LogP contribution in [0.5, 0.6) is 0 Å². The molecule has 0 saturated carbocycles. The number of nitrogens with zero attached hydrogens (tertiary/aromatic N) is 1. The van der Waals surface area contributed by atoms with E-state index in [4.69, 9.17) is 5.41 Å². The van der Waals surface area contributed by atoms with Crippen LogP contribution in [-0.2, 0) is 0 Å². The first-order chi connectivity index (χ1) is 15.0. The second-order valence-corrected chi connectivity index (χ2v) is 5.68. The van der Waals surface area contributed by atoms with Gasteiger partial charge >= 0.3 is 0 Å². The van der Waals surface area contributed by atoms with E-state index in [0.29, 0.717) is 11.3 Å². The number of carbonyl (C=O) groups excluding carboxylic acids is 2. The number of hydrogen-bond acceptors (Lipinski definition) is 5. The number of aromatic nitrogens is 1. The quantitative estimate of drug-likeness (QED) is 0.436. The van der Waals surface area contributed by atoms with Crippen molar-refractivity contribution in [2.75, 3.05) is 14.1 Å². The Morgan fingerprint density at radius 2 is 1.61 bits per heavy atom. The number of pyridine rings is 1. The van der Waals surface area contributed by atoms with Gasteiger partial charge in [-0.15, -0.1) is 0 Å². The van der Waals surface area contributed by atoms with Crippen molar-refractivity contribution in [2.45, 2.75) is 47.5 Å². The van der Waals surface area contributed by atoms with Gasteiger partial charge in [-0.1, -0.05) is 71.0 Å². The van der Waals surface area contributed by atoms with Crippen molar-refractivity contribution in [3.8, 4) is 0 Å². The summed E-state index contributed by atoms with van der Waals surface area (Å²) < 4.78 is 0. The molecule has 0 radical (unpaired) electrons. The molecule has 170 valence electrons. The summed E-state index contributed by atoms with van der Waals surface area (Å²) >= 11 is 0. The largest absolute Gasteiger partial charge is 0.387 e. The molecule has 1 atom stereocenters. The first-order valence-corrected chi connectivity index (χ1v) is 10.6. The van der Waals surface area contributed by atoms with Crippen LogP contribution < -0.4 is 10.6 Å². The Kier molecular flexibility index (Phi) is 18.1. The van der Waals surface area contributed by atoms with Gasteiger partial charge in [0.2, 0.25) is 0 Å². The van der Waals surface area contributed by atoms with Crippen LogP contribution >= 0.6 is 0 Å². The molecule has 0 fully saturated rings. The zero-order chi connectivity index (χ0) is 24.2. The van der Waals surface area contributed by atoms with Crippen LogP contribution in [0.1, 0.15) is 79.6 Å². The van der Waals surface area contributed by atoms with Gasteiger partial charge in [0.15, 0.2) is 0 Å². The molecular weight excluding hydrogens is 388 g/mol. The maximum Gasteiger partial charge on any atom is 0.269 e. The van der Waals surface area contributed by atoms with Crippen molar-refractivity contribution in [1.29, 1.82) is 5.41 Å². The number of hydrogen-bond donors (Lipinski definition) is 3. The molecule has 1 aromatic carbocycles. The zero-order valence-corrected chi connectivity index (χ0v) is 20.1. The second kappa shape index (κ2) is 18.7. The van der Waals surface area contributed by atoms with Crippen LogP contribution in [0.15, 0.2) is 54.2 Å². The fourth-order valence-corrected chi connectivity index (χ4v) is 2.32. The number of aldehydes is 1. The normalized spacial score (nSPS) is 10.4. The van der Waals surface area contributed by atoms with Crippen LogP contribution in [-0.4, -0.2) is 37.5 Å². The molecule has 2 aromatic rings. The van der Waals surface area contributed by atoms with Gasteiger partial charge in [0.25, 0.3) is 5.91 Å². The molecule has 0 aliphatic heterocycles. The smallest absolute Gasteiger partial charge is 0.269 e. The average molecular weight is 427 g/mol. The molecule has 6 nitrogen and oxygen atoms in total. The van der Waals surface area contributed by atoms with Crippen molar-refractivity contribution in [3.05, 3.63) is 76.8 Å². The van der Waals surface area contributed by atoms with Crippen molar-refractivity contribution in [3.63, 3.8) is 0 Å². The first kappa shape index (κ1) is 29.9. The summed E-state index contributed by atoms with van der Waals surface area (Å²) in [6, 6.07) is 13.1. The summed E-state index contributed by atoms with van der Waals surface area (Å²) in [5.74, 6) is -0.283. The van der Waals surface area contributed by atoms with Gasteiger partial charge in [0.05, 0.1) is 0 Å². The highest BCUT2D eigenvalue weighted by molar-refractivity contribution is 5.93. The van der Waals surface area contributed by atoms with Crippen LogP contribution in [0.4, 0.5) is 0 Å². The first-order valence-electron chi connectivity index (χ1n) is 10.6. The molecule has 1 aromatic heterocycles. The fraction of sp³-hybridized carbons (Fsp3) is 0.360. The van der Waals surface area contributed by atoms with Gasteiger partial charge in [-0.05, 0) is 24.6 Å². The van der Waals surface area contributed by atoms with Crippen LogP contribution in [0.2, 0.25) is 0 Å². The molecular formula is C25H38N4O2. The number of rotatable bonds is 6. The Balaban J connectivity index is 0. The lowest BCUT2D eigenvalue weighted by Crippen LogP contribution is -2.20. The van der Waals surface area contributed by atoms with Gasteiger partial charge in [0, 0.05) is 43.2 Å². The highest BCUT2D eigenvalue weighted by Crippen LogP contribution is 2.23. The lowest BCUT2D eigenvalue weighted by Gasteiger charge is -2.13. The topological polar surface area (TPSA) is 94.9 Å². The van der Waals surface area contributed by atoms with Gasteiger partial charge in [-0.25, -0.2) is 4.98 Å². The Bertz CT molecular complexity index is 802. The third-order valence-corrected chi connectivity index (χ3v) is 3.96. The molecule has 0 spiro atoms. The summed E-state index contributed by atoms with van der Waals surface area (Å²) in [6.45, 7) is 11.9. The van der Waals surface area contributed by atoms with E-state index in [1.807, 2.05) is 78.0 Å². The summed E-state index contributed by atoms with van der Waals surface area (Å²) in [5.41, 5.74) is 3.36.